The molecule has 0 bridgehead atoms. The third-order valence-electron chi connectivity index (χ3n) is 3.09. The molecule has 3 N–H and O–H groups in total. The van der Waals surface area contributed by atoms with Crippen LogP contribution in [0.15, 0.2) is 24.3 Å². The van der Waals surface area contributed by atoms with Crippen molar-refractivity contribution >= 4 is 0 Å². The maximum Gasteiger partial charge on any atom is 0.0205 e. The van der Waals surface area contributed by atoms with E-state index in [2.05, 4.69) is 50.4 Å². The van der Waals surface area contributed by atoms with Crippen molar-refractivity contribution in [2.24, 2.45) is 11.1 Å². The van der Waals surface area contributed by atoms with Crippen molar-refractivity contribution in [2.75, 3.05) is 6.54 Å². The lowest BCUT2D eigenvalue weighted by Gasteiger charge is -2.24. The Morgan fingerprint density at radius 1 is 1.24 bits per heavy atom. The predicted molar refractivity (Wildman–Crippen MR) is 74.7 cm³/mol. The molecule has 0 saturated heterocycles. The minimum absolute atomic E-state index is 0.389. The number of nitrogens with one attached hydrogen (secondary N) is 1. The summed E-state index contributed by atoms with van der Waals surface area (Å²) in [7, 11) is 0. The maximum absolute atomic E-state index is 5.64. The van der Waals surface area contributed by atoms with Crippen LogP contribution in [0.4, 0.5) is 0 Å². The fourth-order valence-electron chi connectivity index (χ4n) is 2.18. The zero-order valence-electron chi connectivity index (χ0n) is 11.4. The summed E-state index contributed by atoms with van der Waals surface area (Å²) in [6.07, 6.45) is 2.51. The van der Waals surface area contributed by atoms with E-state index in [0.29, 0.717) is 12.0 Å². The van der Waals surface area contributed by atoms with Gasteiger partial charge in [-0.05, 0) is 23.0 Å². The van der Waals surface area contributed by atoms with Crippen LogP contribution in [0.3, 0.4) is 0 Å². The Balaban J connectivity index is 2.40. The number of hydrogen-bond acceptors (Lipinski definition) is 2. The molecule has 0 unspecified atom stereocenters. The van der Waals surface area contributed by atoms with E-state index < -0.39 is 0 Å². The number of nitrogens with two attached hydrogens (primary N) is 1. The smallest absolute Gasteiger partial charge is 0.0205 e. The highest BCUT2D eigenvalue weighted by Gasteiger charge is 2.15. The Kier molecular flexibility index (Phi) is 5.66. The van der Waals surface area contributed by atoms with E-state index >= 15 is 0 Å². The van der Waals surface area contributed by atoms with Crippen LogP contribution in [-0.2, 0) is 13.1 Å². The lowest BCUT2D eigenvalue weighted by Crippen LogP contribution is -2.28. The van der Waals surface area contributed by atoms with Gasteiger partial charge in [0.05, 0.1) is 0 Å². The van der Waals surface area contributed by atoms with Gasteiger partial charge in [-0.1, -0.05) is 51.5 Å². The van der Waals surface area contributed by atoms with E-state index in [-0.39, 0.29) is 0 Å². The zero-order chi connectivity index (χ0) is 12.7. The summed E-state index contributed by atoms with van der Waals surface area (Å²) in [6, 6.07) is 8.49. The van der Waals surface area contributed by atoms with Crippen LogP contribution in [0.1, 0.15) is 44.7 Å². The average Bonchev–Trinajstić information content (AvgIpc) is 2.29. The third kappa shape index (κ3) is 5.33. The van der Waals surface area contributed by atoms with E-state index in [1.165, 1.54) is 24.0 Å². The van der Waals surface area contributed by atoms with Crippen LogP contribution in [0.5, 0.6) is 0 Å². The molecule has 0 fully saturated rings. The SMILES string of the molecule is CCCC(C)(C)CNCc1cccc(CN)c1. The van der Waals surface area contributed by atoms with Gasteiger partial charge in [-0.25, -0.2) is 0 Å². The van der Waals surface area contributed by atoms with Crippen molar-refractivity contribution in [2.45, 2.75) is 46.7 Å². The minimum Gasteiger partial charge on any atom is -0.326 e. The second kappa shape index (κ2) is 6.77. The van der Waals surface area contributed by atoms with E-state index in [1.54, 1.807) is 0 Å². The summed E-state index contributed by atoms with van der Waals surface area (Å²) in [4.78, 5) is 0. The standard InChI is InChI=1S/C15H26N2/c1-4-8-15(2,3)12-17-11-14-7-5-6-13(9-14)10-16/h5-7,9,17H,4,8,10-12,16H2,1-3H3. The highest BCUT2D eigenvalue weighted by Crippen LogP contribution is 2.20. The molecule has 0 atom stereocenters. The molecule has 2 nitrogen and oxygen atoms in total. The van der Waals surface area contributed by atoms with Gasteiger partial charge in [0, 0.05) is 19.6 Å². The zero-order valence-corrected chi connectivity index (χ0v) is 11.4. The molecule has 0 amide bonds. The molecule has 0 saturated carbocycles. The molecule has 0 aromatic heterocycles. The van der Waals surface area contributed by atoms with Crippen LogP contribution >= 0.6 is 0 Å². The van der Waals surface area contributed by atoms with Crippen LogP contribution in [0.2, 0.25) is 0 Å². The summed E-state index contributed by atoms with van der Waals surface area (Å²) >= 11 is 0. The second-order valence-electron chi connectivity index (χ2n) is 5.54. The van der Waals surface area contributed by atoms with Crippen LogP contribution < -0.4 is 11.1 Å². The van der Waals surface area contributed by atoms with Crippen molar-refractivity contribution < 1.29 is 0 Å². The first-order chi connectivity index (χ1) is 8.07. The van der Waals surface area contributed by atoms with E-state index in [0.717, 1.165) is 13.1 Å². The lowest BCUT2D eigenvalue weighted by atomic mass is 9.88. The van der Waals surface area contributed by atoms with E-state index in [9.17, 15) is 0 Å². The normalized spacial score (nSPS) is 11.8. The molecule has 0 aliphatic carbocycles. The molecular weight excluding hydrogens is 208 g/mol. The summed E-state index contributed by atoms with van der Waals surface area (Å²) in [6.45, 7) is 9.50. The molecule has 0 heterocycles. The molecule has 0 radical (unpaired) electrons. The number of hydrogen-bond donors (Lipinski definition) is 2. The van der Waals surface area contributed by atoms with Gasteiger partial charge in [-0.15, -0.1) is 0 Å². The first kappa shape index (κ1) is 14.2. The Morgan fingerprint density at radius 2 is 1.94 bits per heavy atom. The molecule has 0 aliphatic heterocycles. The molecule has 1 aromatic carbocycles. The van der Waals surface area contributed by atoms with Gasteiger partial charge in [0.25, 0.3) is 0 Å². The summed E-state index contributed by atoms with van der Waals surface area (Å²) < 4.78 is 0. The molecule has 96 valence electrons. The lowest BCUT2D eigenvalue weighted by molar-refractivity contribution is 0.310. The summed E-state index contributed by atoms with van der Waals surface area (Å²) in [5, 5.41) is 3.54. The first-order valence-electron chi connectivity index (χ1n) is 6.56. The van der Waals surface area contributed by atoms with Gasteiger partial charge in [-0.3, -0.25) is 0 Å². The summed E-state index contributed by atoms with van der Waals surface area (Å²) in [5.41, 5.74) is 8.55. The highest BCUT2D eigenvalue weighted by atomic mass is 14.9. The molecule has 0 spiro atoms. The fraction of sp³-hybridized carbons (Fsp3) is 0.600. The summed E-state index contributed by atoms with van der Waals surface area (Å²) in [5.74, 6) is 0. The van der Waals surface area contributed by atoms with Gasteiger partial charge in [0.1, 0.15) is 0 Å². The van der Waals surface area contributed by atoms with Gasteiger partial charge < -0.3 is 11.1 Å². The Morgan fingerprint density at radius 3 is 2.59 bits per heavy atom. The first-order valence-corrected chi connectivity index (χ1v) is 6.56. The second-order valence-corrected chi connectivity index (χ2v) is 5.54. The van der Waals surface area contributed by atoms with E-state index in [1.807, 2.05) is 0 Å². The van der Waals surface area contributed by atoms with Crippen molar-refractivity contribution in [1.29, 1.82) is 0 Å². The van der Waals surface area contributed by atoms with Crippen molar-refractivity contribution in [1.82, 2.24) is 5.32 Å². The molecule has 1 rings (SSSR count). The molecule has 1 aromatic rings. The number of rotatable bonds is 7. The third-order valence-corrected chi connectivity index (χ3v) is 3.09. The van der Waals surface area contributed by atoms with Crippen LogP contribution in [0.25, 0.3) is 0 Å². The highest BCUT2D eigenvalue weighted by molar-refractivity contribution is 5.23. The van der Waals surface area contributed by atoms with E-state index in [4.69, 9.17) is 5.73 Å². The Labute approximate surface area is 106 Å². The molecule has 17 heavy (non-hydrogen) atoms. The van der Waals surface area contributed by atoms with Crippen LogP contribution in [0, 0.1) is 5.41 Å². The molecule has 0 aliphatic rings. The largest absolute Gasteiger partial charge is 0.326 e. The number of benzene rings is 1. The quantitative estimate of drug-likeness (QED) is 0.761. The van der Waals surface area contributed by atoms with Crippen LogP contribution in [-0.4, -0.2) is 6.54 Å². The Hall–Kier alpha value is -0.860. The predicted octanol–water partition coefficient (Wildman–Crippen LogP) is 3.06. The van der Waals surface area contributed by atoms with Gasteiger partial charge in [0.15, 0.2) is 0 Å². The van der Waals surface area contributed by atoms with Crippen molar-refractivity contribution in [3.05, 3.63) is 35.4 Å². The molecule has 2 heteroatoms. The fourth-order valence-corrected chi connectivity index (χ4v) is 2.18. The minimum atomic E-state index is 0.389. The molecular formula is C15H26N2. The van der Waals surface area contributed by atoms with Crippen molar-refractivity contribution in [3.63, 3.8) is 0 Å². The Bertz CT molecular complexity index is 331. The van der Waals surface area contributed by atoms with Gasteiger partial charge in [0.2, 0.25) is 0 Å². The van der Waals surface area contributed by atoms with Gasteiger partial charge in [-0.2, -0.15) is 0 Å². The average molecular weight is 234 g/mol. The maximum atomic E-state index is 5.64. The monoisotopic (exact) mass is 234 g/mol. The van der Waals surface area contributed by atoms with Gasteiger partial charge >= 0.3 is 0 Å². The topological polar surface area (TPSA) is 38.0 Å². The van der Waals surface area contributed by atoms with Crippen molar-refractivity contribution in [3.8, 4) is 0 Å².